The van der Waals surface area contributed by atoms with Gasteiger partial charge in [-0.25, -0.2) is 14.0 Å². The Labute approximate surface area is 407 Å². The minimum absolute atomic E-state index is 0.00170. The van der Waals surface area contributed by atoms with Crippen LogP contribution in [0.2, 0.25) is 5.02 Å². The van der Waals surface area contributed by atoms with Gasteiger partial charge < -0.3 is 25.5 Å². The Morgan fingerprint density at radius 3 is 2.18 bits per heavy atom. The van der Waals surface area contributed by atoms with Gasteiger partial charge in [-0.3, -0.25) is 25.0 Å². The van der Waals surface area contributed by atoms with Gasteiger partial charge in [-0.05, 0) is 96.2 Å². The average Bonchev–Trinajstić information content (AvgIpc) is 3.73. The number of methoxy groups -OCH3 is 1. The second-order valence-electron chi connectivity index (χ2n) is 16.0. The van der Waals surface area contributed by atoms with Crippen LogP contribution in [-0.2, 0) is 0 Å². The van der Waals surface area contributed by atoms with E-state index in [1.165, 1.54) is 43.5 Å². The van der Waals surface area contributed by atoms with E-state index < -0.39 is 23.9 Å². The van der Waals surface area contributed by atoms with Crippen molar-refractivity contribution < 1.29 is 38.2 Å². The molecule has 8 aromatic carbocycles. The molecule has 10 rings (SSSR count). The molecule has 0 unspecified atom stereocenters. The van der Waals surface area contributed by atoms with Gasteiger partial charge in [-0.1, -0.05) is 66.2 Å². The minimum Gasteiger partial charge on any atom is -0.507 e. The molecule has 1 aliphatic carbocycles. The molecule has 0 saturated carbocycles. The van der Waals surface area contributed by atoms with Crippen molar-refractivity contribution in [2.24, 2.45) is 20.5 Å². The fraction of sp³-hybridized carbons (Fsp3) is 0.0755. The first kappa shape index (κ1) is 46.7. The number of anilines is 2. The molecular formula is C53H39ClFN9O7. The van der Waals surface area contributed by atoms with E-state index in [4.69, 9.17) is 16.3 Å². The minimum atomic E-state index is -0.935. The Hall–Kier alpha value is -9.35. The fourth-order valence-electron chi connectivity index (χ4n) is 8.63. The van der Waals surface area contributed by atoms with Crippen molar-refractivity contribution in [2.75, 3.05) is 31.8 Å². The number of ether oxygens (including phenoxy) is 1. The Kier molecular flexibility index (Phi) is 12.7. The first-order chi connectivity index (χ1) is 34.3. The van der Waals surface area contributed by atoms with Gasteiger partial charge in [-0.2, -0.15) is 20.5 Å². The lowest BCUT2D eigenvalue weighted by molar-refractivity contribution is 0.0956. The maximum atomic E-state index is 13.9. The number of aromatic hydroxyl groups is 1. The number of para-hydroxylation sites is 1. The Morgan fingerprint density at radius 2 is 1.42 bits per heavy atom. The van der Waals surface area contributed by atoms with Crippen LogP contribution < -0.4 is 26.0 Å². The number of halogens is 2. The zero-order valence-corrected chi connectivity index (χ0v) is 38.8. The van der Waals surface area contributed by atoms with Crippen LogP contribution >= 0.6 is 11.6 Å². The van der Waals surface area contributed by atoms with E-state index in [2.05, 4.69) is 46.7 Å². The number of amides is 6. The number of aromatic amines is 1. The van der Waals surface area contributed by atoms with E-state index in [0.717, 1.165) is 33.0 Å². The van der Waals surface area contributed by atoms with Gasteiger partial charge in [0, 0.05) is 68.8 Å². The molecule has 352 valence electrons. The van der Waals surface area contributed by atoms with Crippen LogP contribution in [-0.4, -0.2) is 61.0 Å². The lowest BCUT2D eigenvalue weighted by atomic mass is 9.82. The van der Waals surface area contributed by atoms with Crippen LogP contribution in [0.5, 0.6) is 11.5 Å². The highest BCUT2D eigenvalue weighted by Gasteiger charge is 2.27. The molecule has 0 bridgehead atoms. The summed E-state index contributed by atoms with van der Waals surface area (Å²) in [6.07, 6.45) is 0. The predicted octanol–water partition coefficient (Wildman–Crippen LogP) is 12.7. The molecule has 1 aromatic heterocycles. The van der Waals surface area contributed by atoms with Crippen molar-refractivity contribution in [1.82, 2.24) is 15.6 Å². The number of hydrogen-bond acceptors (Lipinski definition) is 11. The van der Waals surface area contributed by atoms with Crippen LogP contribution in [0.3, 0.4) is 0 Å². The molecule has 0 atom stereocenters. The maximum absolute atomic E-state index is 13.9. The second kappa shape index (κ2) is 19.3. The number of ketones is 1. The van der Waals surface area contributed by atoms with Crippen LogP contribution in [0, 0.1) is 12.7 Å². The number of nitrogens with zero attached hydrogens (tertiary/aromatic N) is 4. The largest absolute Gasteiger partial charge is 0.507 e. The molecule has 0 saturated heterocycles. The molecule has 0 radical (unpaired) electrons. The number of hydrogen-bond donors (Lipinski definition) is 6. The SMILES string of the molecule is CN=Nc1ccc2c(c1)C(=O)c1cccc3c(N=NC)ccc-2c13.COc1cc(C(=O)NC(=O)Nc2ccccc2Cl)ccc1NC(=O)NC(=O)c1cc2ccc3c4cc(F)ccc4[nH]c3c2c(C)c1O. The summed E-state index contributed by atoms with van der Waals surface area (Å²) in [6.45, 7) is 1.64. The first-order valence-corrected chi connectivity index (χ1v) is 22.0. The number of phenolic OH excluding ortho intramolecular Hbond substituents is 1. The Balaban J connectivity index is 0.000000217. The van der Waals surface area contributed by atoms with E-state index in [9.17, 15) is 33.5 Å². The molecule has 1 aliphatic rings. The van der Waals surface area contributed by atoms with E-state index >= 15 is 0 Å². The summed E-state index contributed by atoms with van der Waals surface area (Å²) in [4.78, 5) is 67.2. The number of urea groups is 2. The molecule has 1 heterocycles. The molecule has 0 aliphatic heterocycles. The number of azo groups is 2. The van der Waals surface area contributed by atoms with Gasteiger partial charge in [0.15, 0.2) is 5.78 Å². The number of rotatable bonds is 7. The number of imide groups is 2. The number of carbonyl (C=O) groups is 5. The van der Waals surface area contributed by atoms with Gasteiger partial charge >= 0.3 is 12.1 Å². The van der Waals surface area contributed by atoms with Crippen molar-refractivity contribution in [3.05, 3.63) is 166 Å². The summed E-state index contributed by atoms with van der Waals surface area (Å²) in [7, 11) is 4.56. The molecule has 18 heteroatoms. The van der Waals surface area contributed by atoms with Crippen molar-refractivity contribution >= 4 is 107 Å². The second-order valence-corrected chi connectivity index (χ2v) is 16.4. The Morgan fingerprint density at radius 1 is 0.676 bits per heavy atom. The van der Waals surface area contributed by atoms with Gasteiger partial charge in [0.1, 0.15) is 17.3 Å². The van der Waals surface area contributed by atoms with Gasteiger partial charge in [-0.15, -0.1) is 0 Å². The zero-order valence-electron chi connectivity index (χ0n) is 38.1. The monoisotopic (exact) mass is 967 g/mol. The van der Waals surface area contributed by atoms with E-state index in [1.54, 1.807) is 69.6 Å². The van der Waals surface area contributed by atoms with Crippen LogP contribution in [0.1, 0.15) is 42.2 Å². The third-order valence-electron chi connectivity index (χ3n) is 11.8. The average molecular weight is 968 g/mol. The molecule has 71 heavy (non-hydrogen) atoms. The maximum Gasteiger partial charge on any atom is 0.326 e. The summed E-state index contributed by atoms with van der Waals surface area (Å²) in [5.41, 5.74) is 6.86. The first-order valence-electron chi connectivity index (χ1n) is 21.7. The van der Waals surface area contributed by atoms with Crippen LogP contribution in [0.4, 0.5) is 36.7 Å². The standard InChI is InChI=1S/C34H25ClFN5O6.C19H14N4O/c1-16-28-17(7-10-20-21-15-19(36)9-12-24(21)37-29(20)28)13-22(30(16)42)32(44)41-34(46)39-26-11-8-18(14-27(26)47-2)31(43)40-33(45)38-25-6-4-3-5-23(25)35;1-20-22-11-6-7-12-13-8-9-17(23-21-2)14-4-3-5-15(18(13)14)19(24)16(12)10-11/h3-15,37,42H,1-2H3,(H2,38,40,43,45)(H2,39,41,44,46);3-10H,1-2H3. The van der Waals surface area contributed by atoms with Crippen molar-refractivity contribution in [3.8, 4) is 22.6 Å². The summed E-state index contributed by atoms with van der Waals surface area (Å²) < 4.78 is 19.2. The van der Waals surface area contributed by atoms with Gasteiger partial charge in [0.05, 0.1) is 46.0 Å². The lowest BCUT2D eigenvalue weighted by Gasteiger charge is -2.20. The summed E-state index contributed by atoms with van der Waals surface area (Å²) in [5.74, 6) is -2.26. The van der Waals surface area contributed by atoms with Crippen LogP contribution in [0.15, 0.2) is 148 Å². The van der Waals surface area contributed by atoms with Crippen molar-refractivity contribution in [2.45, 2.75) is 6.92 Å². The van der Waals surface area contributed by atoms with Crippen LogP contribution in [0.25, 0.3) is 54.5 Å². The normalized spacial score (nSPS) is 11.7. The van der Waals surface area contributed by atoms with E-state index in [0.29, 0.717) is 60.3 Å². The fourth-order valence-corrected chi connectivity index (χ4v) is 8.81. The highest BCUT2D eigenvalue weighted by molar-refractivity contribution is 6.34. The number of aromatic nitrogens is 1. The summed E-state index contributed by atoms with van der Waals surface area (Å²) in [5, 5.41) is 41.1. The molecule has 0 fully saturated rings. The highest BCUT2D eigenvalue weighted by Crippen LogP contribution is 2.44. The third-order valence-corrected chi connectivity index (χ3v) is 12.1. The number of H-pyrrole nitrogens is 1. The summed E-state index contributed by atoms with van der Waals surface area (Å²) in [6, 6.07) is 33.4. The van der Waals surface area contributed by atoms with Gasteiger partial charge in [0.2, 0.25) is 0 Å². The molecule has 0 spiro atoms. The van der Waals surface area contributed by atoms with E-state index in [-0.39, 0.29) is 39.9 Å². The molecule has 6 amide bonds. The number of phenols is 1. The smallest absolute Gasteiger partial charge is 0.326 e. The van der Waals surface area contributed by atoms with Gasteiger partial charge in [0.25, 0.3) is 11.8 Å². The number of fused-ring (bicyclic) bond motifs is 7. The van der Waals surface area contributed by atoms with Crippen molar-refractivity contribution in [3.63, 3.8) is 0 Å². The molecule has 6 N–H and O–H groups in total. The number of carbonyl (C=O) groups excluding carboxylic acids is 5. The predicted molar refractivity (Wildman–Crippen MR) is 271 cm³/mol. The molecule has 16 nitrogen and oxygen atoms in total. The molecule has 9 aromatic rings. The van der Waals surface area contributed by atoms with Crippen molar-refractivity contribution in [1.29, 1.82) is 0 Å². The number of nitrogens with one attached hydrogen (secondary N) is 5. The zero-order chi connectivity index (χ0) is 50.1. The lowest BCUT2D eigenvalue weighted by Crippen LogP contribution is -2.35. The Bertz CT molecular complexity index is 3800. The quantitative estimate of drug-likeness (QED) is 0.0846. The third kappa shape index (κ3) is 8.95. The summed E-state index contributed by atoms with van der Waals surface area (Å²) >= 11 is 6.03. The molecular weight excluding hydrogens is 929 g/mol. The number of benzene rings is 8. The topological polar surface area (TPSA) is 228 Å². The number of aryl methyl sites for hydroxylation is 1. The highest BCUT2D eigenvalue weighted by atomic mass is 35.5. The van der Waals surface area contributed by atoms with E-state index in [1.807, 2.05) is 42.5 Å².